The van der Waals surface area contributed by atoms with E-state index in [0.717, 1.165) is 18.7 Å². The Balaban J connectivity index is 1.63. The molecule has 1 aliphatic heterocycles. The number of carbonyl (C=O) groups is 1. The number of nitrogens with one attached hydrogen (secondary N) is 2. The lowest BCUT2D eigenvalue weighted by atomic mass is 10.1. The molecule has 1 unspecified atom stereocenters. The van der Waals surface area contributed by atoms with Gasteiger partial charge >= 0.3 is 0 Å². The number of nitrogens with zero attached hydrogens (tertiary/aromatic N) is 4. The second kappa shape index (κ2) is 6.99. The van der Waals surface area contributed by atoms with Crippen LogP contribution < -0.4 is 10.6 Å². The lowest BCUT2D eigenvalue weighted by Gasteiger charge is -2.35. The first-order valence-electron chi connectivity index (χ1n) is 9.08. The SMILES string of the molecule is Cn1ccnc1C1CNCCN1C(=O)c1ccc(NC2CC2)c([N+](=O)[O-])c1. The number of hydrogen-bond acceptors (Lipinski definition) is 6. The molecule has 1 aliphatic carbocycles. The molecule has 142 valence electrons. The number of rotatable bonds is 5. The van der Waals surface area contributed by atoms with E-state index >= 15 is 0 Å². The molecular formula is C18H22N6O3. The van der Waals surface area contributed by atoms with Crippen LogP contribution in [0.4, 0.5) is 11.4 Å². The highest BCUT2D eigenvalue weighted by atomic mass is 16.6. The van der Waals surface area contributed by atoms with E-state index in [9.17, 15) is 14.9 Å². The molecule has 2 aliphatic rings. The standard InChI is InChI=1S/C18H22N6O3/c1-22-8-7-20-17(22)16-11-19-6-9-23(16)18(25)12-2-5-14(21-13-3-4-13)15(10-12)24(26)27/h2,5,7-8,10,13,16,19,21H,3-4,6,9,11H2,1H3. The van der Waals surface area contributed by atoms with Crippen molar-refractivity contribution in [1.29, 1.82) is 0 Å². The number of nitro groups is 1. The predicted molar refractivity (Wildman–Crippen MR) is 99.6 cm³/mol. The molecule has 2 heterocycles. The van der Waals surface area contributed by atoms with E-state index in [1.54, 1.807) is 23.2 Å². The minimum absolute atomic E-state index is 0.0589. The predicted octanol–water partition coefficient (Wildman–Crippen LogP) is 1.69. The van der Waals surface area contributed by atoms with E-state index in [-0.39, 0.29) is 17.6 Å². The number of carbonyl (C=O) groups excluding carboxylic acids is 1. The van der Waals surface area contributed by atoms with Gasteiger partial charge in [-0.1, -0.05) is 0 Å². The molecule has 9 nitrogen and oxygen atoms in total. The summed E-state index contributed by atoms with van der Waals surface area (Å²) >= 11 is 0. The minimum Gasteiger partial charge on any atom is -0.377 e. The summed E-state index contributed by atoms with van der Waals surface area (Å²) in [5.74, 6) is 0.572. The van der Waals surface area contributed by atoms with Crippen LogP contribution in [0.25, 0.3) is 0 Å². The summed E-state index contributed by atoms with van der Waals surface area (Å²) in [4.78, 5) is 30.3. The molecule has 27 heavy (non-hydrogen) atoms. The molecule has 4 rings (SSSR count). The highest BCUT2D eigenvalue weighted by molar-refractivity contribution is 5.96. The number of aromatic nitrogens is 2. The van der Waals surface area contributed by atoms with Gasteiger partial charge in [-0.15, -0.1) is 0 Å². The molecule has 1 saturated heterocycles. The Morgan fingerprint density at radius 2 is 2.22 bits per heavy atom. The van der Waals surface area contributed by atoms with E-state index in [0.29, 0.717) is 36.9 Å². The first-order chi connectivity index (χ1) is 13.0. The average Bonchev–Trinajstić information content (AvgIpc) is 3.39. The number of aryl methyl sites for hydroxylation is 1. The van der Waals surface area contributed by atoms with Gasteiger partial charge in [0.1, 0.15) is 17.6 Å². The molecule has 1 atom stereocenters. The van der Waals surface area contributed by atoms with E-state index in [2.05, 4.69) is 15.6 Å². The molecule has 1 saturated carbocycles. The van der Waals surface area contributed by atoms with Crippen molar-refractivity contribution in [3.05, 3.63) is 52.1 Å². The van der Waals surface area contributed by atoms with Crippen molar-refractivity contribution in [2.75, 3.05) is 25.0 Å². The zero-order chi connectivity index (χ0) is 19.0. The Bertz CT molecular complexity index is 876. The number of imidazole rings is 1. The molecule has 1 aromatic heterocycles. The van der Waals surface area contributed by atoms with Crippen molar-refractivity contribution in [3.63, 3.8) is 0 Å². The average molecular weight is 370 g/mol. The Kier molecular flexibility index (Phi) is 4.53. The number of hydrogen-bond donors (Lipinski definition) is 2. The number of piperazine rings is 1. The molecule has 2 N–H and O–H groups in total. The summed E-state index contributed by atoms with van der Waals surface area (Å²) in [5, 5.41) is 17.9. The molecular weight excluding hydrogens is 348 g/mol. The van der Waals surface area contributed by atoms with Crippen LogP contribution in [0, 0.1) is 10.1 Å². The van der Waals surface area contributed by atoms with Crippen molar-refractivity contribution >= 4 is 17.3 Å². The van der Waals surface area contributed by atoms with Crippen molar-refractivity contribution in [2.24, 2.45) is 7.05 Å². The van der Waals surface area contributed by atoms with Crippen LogP contribution in [-0.2, 0) is 7.05 Å². The topological polar surface area (TPSA) is 105 Å². The molecule has 0 radical (unpaired) electrons. The Hall–Kier alpha value is -2.94. The Morgan fingerprint density at radius 3 is 2.89 bits per heavy atom. The Labute approximate surface area is 156 Å². The third-order valence-corrected chi connectivity index (χ3v) is 5.04. The maximum atomic E-state index is 13.2. The molecule has 1 amide bonds. The van der Waals surface area contributed by atoms with Gasteiger partial charge in [0.15, 0.2) is 0 Å². The molecule has 2 aromatic rings. The monoisotopic (exact) mass is 370 g/mol. The van der Waals surface area contributed by atoms with Crippen LogP contribution in [0.2, 0.25) is 0 Å². The third-order valence-electron chi connectivity index (χ3n) is 5.04. The van der Waals surface area contributed by atoms with Crippen LogP contribution in [0.5, 0.6) is 0 Å². The quantitative estimate of drug-likeness (QED) is 0.613. The zero-order valence-corrected chi connectivity index (χ0v) is 15.1. The fourth-order valence-corrected chi connectivity index (χ4v) is 3.43. The van der Waals surface area contributed by atoms with Crippen LogP contribution in [0.3, 0.4) is 0 Å². The first-order valence-corrected chi connectivity index (χ1v) is 9.08. The summed E-state index contributed by atoms with van der Waals surface area (Å²) in [6.45, 7) is 1.79. The fraction of sp³-hybridized carbons (Fsp3) is 0.444. The van der Waals surface area contributed by atoms with Gasteiger partial charge in [0.25, 0.3) is 11.6 Å². The minimum atomic E-state index is -0.435. The number of benzene rings is 1. The van der Waals surface area contributed by atoms with Gasteiger partial charge in [-0.2, -0.15) is 0 Å². The fourth-order valence-electron chi connectivity index (χ4n) is 3.43. The highest BCUT2D eigenvalue weighted by Crippen LogP contribution is 2.32. The number of amides is 1. The molecule has 0 spiro atoms. The molecule has 0 bridgehead atoms. The van der Waals surface area contributed by atoms with Crippen molar-refractivity contribution in [3.8, 4) is 0 Å². The van der Waals surface area contributed by atoms with Crippen LogP contribution in [-0.4, -0.2) is 51.0 Å². The van der Waals surface area contributed by atoms with Crippen molar-refractivity contribution in [2.45, 2.75) is 24.9 Å². The van der Waals surface area contributed by atoms with Crippen molar-refractivity contribution < 1.29 is 9.72 Å². The summed E-state index contributed by atoms with van der Waals surface area (Å²) in [5.41, 5.74) is 0.737. The van der Waals surface area contributed by atoms with E-state index in [1.165, 1.54) is 6.07 Å². The van der Waals surface area contributed by atoms with Gasteiger partial charge < -0.3 is 20.1 Å². The van der Waals surface area contributed by atoms with E-state index in [1.807, 2.05) is 17.8 Å². The summed E-state index contributed by atoms with van der Waals surface area (Å²) in [6, 6.07) is 4.77. The smallest absolute Gasteiger partial charge is 0.293 e. The second-order valence-corrected chi connectivity index (χ2v) is 7.02. The number of nitro benzene ring substituents is 1. The van der Waals surface area contributed by atoms with Gasteiger partial charge in [0, 0.05) is 56.7 Å². The highest BCUT2D eigenvalue weighted by Gasteiger charge is 2.32. The summed E-state index contributed by atoms with van der Waals surface area (Å²) in [7, 11) is 1.89. The summed E-state index contributed by atoms with van der Waals surface area (Å²) < 4.78 is 1.89. The van der Waals surface area contributed by atoms with Gasteiger partial charge in [0.2, 0.25) is 0 Å². The van der Waals surface area contributed by atoms with E-state index < -0.39 is 4.92 Å². The zero-order valence-electron chi connectivity index (χ0n) is 15.1. The lowest BCUT2D eigenvalue weighted by molar-refractivity contribution is -0.384. The van der Waals surface area contributed by atoms with Crippen LogP contribution in [0.15, 0.2) is 30.6 Å². The maximum Gasteiger partial charge on any atom is 0.293 e. The molecule has 9 heteroatoms. The summed E-state index contributed by atoms with van der Waals surface area (Å²) in [6.07, 6.45) is 5.58. The van der Waals surface area contributed by atoms with E-state index in [4.69, 9.17) is 0 Å². The number of anilines is 1. The van der Waals surface area contributed by atoms with Gasteiger partial charge in [-0.25, -0.2) is 4.98 Å². The van der Waals surface area contributed by atoms with Gasteiger partial charge in [0.05, 0.1) is 4.92 Å². The van der Waals surface area contributed by atoms with Crippen LogP contribution in [0.1, 0.15) is 35.1 Å². The normalized spacial score (nSPS) is 19.7. The third kappa shape index (κ3) is 3.50. The van der Waals surface area contributed by atoms with Crippen molar-refractivity contribution in [1.82, 2.24) is 19.8 Å². The maximum absolute atomic E-state index is 13.2. The van der Waals surface area contributed by atoms with Crippen LogP contribution >= 0.6 is 0 Å². The first kappa shape index (κ1) is 17.5. The molecule has 1 aromatic carbocycles. The van der Waals surface area contributed by atoms with Gasteiger partial charge in [-0.3, -0.25) is 14.9 Å². The Morgan fingerprint density at radius 1 is 1.41 bits per heavy atom. The van der Waals surface area contributed by atoms with Gasteiger partial charge in [-0.05, 0) is 25.0 Å². The lowest BCUT2D eigenvalue weighted by Crippen LogP contribution is -2.49. The second-order valence-electron chi connectivity index (χ2n) is 7.02. The largest absolute Gasteiger partial charge is 0.377 e. The molecule has 2 fully saturated rings.